The van der Waals surface area contributed by atoms with Gasteiger partial charge in [-0.1, -0.05) is 67.2 Å². The zero-order chi connectivity index (χ0) is 13.0. The molecular formula is C15H32O. The minimum absolute atomic E-state index is 0.407. The van der Waals surface area contributed by atoms with Crippen molar-refractivity contribution in [3.63, 3.8) is 0 Å². The molecular weight excluding hydrogens is 196 g/mol. The SMILES string of the molecule is CC(C)CC(=O)CC(C)C.CCCCCC. The monoisotopic (exact) mass is 228 g/mol. The first kappa shape index (κ1) is 18.0. The van der Waals surface area contributed by atoms with Crippen molar-refractivity contribution in [2.24, 2.45) is 11.8 Å². The van der Waals surface area contributed by atoms with E-state index in [1.54, 1.807) is 0 Å². The third-order valence-electron chi connectivity index (χ3n) is 2.23. The third-order valence-corrected chi connectivity index (χ3v) is 2.23. The Kier molecular flexibility index (Phi) is 14.4. The molecule has 98 valence electrons. The number of carbonyl (C=O) groups is 1. The predicted molar refractivity (Wildman–Crippen MR) is 73.7 cm³/mol. The molecule has 0 atom stereocenters. The summed E-state index contributed by atoms with van der Waals surface area (Å²) in [6.07, 6.45) is 7.03. The van der Waals surface area contributed by atoms with E-state index < -0.39 is 0 Å². The van der Waals surface area contributed by atoms with Crippen molar-refractivity contribution < 1.29 is 4.79 Å². The summed E-state index contributed by atoms with van der Waals surface area (Å²) in [6.45, 7) is 12.8. The van der Waals surface area contributed by atoms with E-state index in [0.717, 1.165) is 12.8 Å². The smallest absolute Gasteiger partial charge is 0.133 e. The Balaban J connectivity index is 0. The highest BCUT2D eigenvalue weighted by molar-refractivity contribution is 5.78. The summed E-state index contributed by atoms with van der Waals surface area (Å²) in [5.41, 5.74) is 0. The van der Waals surface area contributed by atoms with E-state index in [9.17, 15) is 4.79 Å². The molecule has 0 aromatic heterocycles. The van der Waals surface area contributed by atoms with E-state index in [1.165, 1.54) is 25.7 Å². The predicted octanol–water partition coefficient (Wildman–Crippen LogP) is 5.23. The zero-order valence-electron chi connectivity index (χ0n) is 12.3. The van der Waals surface area contributed by atoms with Crippen LogP contribution in [0.2, 0.25) is 0 Å². The van der Waals surface area contributed by atoms with Crippen LogP contribution < -0.4 is 0 Å². The van der Waals surface area contributed by atoms with Crippen LogP contribution in [0.25, 0.3) is 0 Å². The first-order valence-corrected chi connectivity index (χ1v) is 6.95. The van der Waals surface area contributed by atoms with Crippen LogP contribution >= 0.6 is 0 Å². The van der Waals surface area contributed by atoms with Crippen LogP contribution in [0.1, 0.15) is 80.1 Å². The Hall–Kier alpha value is -0.330. The maximum Gasteiger partial charge on any atom is 0.133 e. The minimum atomic E-state index is 0.407. The standard InChI is InChI=1S/C9H18O.C6H14/c1-7(2)5-9(10)6-8(3)4;1-3-5-6-4-2/h7-8H,5-6H2,1-4H3;3-6H2,1-2H3. The van der Waals surface area contributed by atoms with Crippen molar-refractivity contribution in [3.8, 4) is 0 Å². The highest BCUT2D eigenvalue weighted by Crippen LogP contribution is 2.07. The van der Waals surface area contributed by atoms with Crippen molar-refractivity contribution in [3.05, 3.63) is 0 Å². The molecule has 0 saturated heterocycles. The van der Waals surface area contributed by atoms with Gasteiger partial charge in [0.2, 0.25) is 0 Å². The summed E-state index contributed by atoms with van der Waals surface area (Å²) in [5, 5.41) is 0. The van der Waals surface area contributed by atoms with Gasteiger partial charge in [-0.05, 0) is 11.8 Å². The fourth-order valence-electron chi connectivity index (χ4n) is 1.49. The molecule has 0 aromatic rings. The van der Waals surface area contributed by atoms with Crippen molar-refractivity contribution in [1.82, 2.24) is 0 Å². The van der Waals surface area contributed by atoms with Crippen LogP contribution in [0.15, 0.2) is 0 Å². The van der Waals surface area contributed by atoms with Gasteiger partial charge in [-0.15, -0.1) is 0 Å². The minimum Gasteiger partial charge on any atom is -0.300 e. The summed E-state index contributed by atoms with van der Waals surface area (Å²) in [4.78, 5) is 11.1. The van der Waals surface area contributed by atoms with Gasteiger partial charge < -0.3 is 0 Å². The average molecular weight is 228 g/mol. The first-order chi connectivity index (χ1) is 7.43. The van der Waals surface area contributed by atoms with E-state index in [1.807, 2.05) is 0 Å². The quantitative estimate of drug-likeness (QED) is 0.545. The maximum atomic E-state index is 11.1. The molecule has 0 bridgehead atoms. The van der Waals surface area contributed by atoms with Gasteiger partial charge >= 0.3 is 0 Å². The highest BCUT2D eigenvalue weighted by atomic mass is 16.1. The number of rotatable bonds is 7. The molecule has 0 rings (SSSR count). The highest BCUT2D eigenvalue weighted by Gasteiger charge is 2.06. The summed E-state index contributed by atoms with van der Waals surface area (Å²) in [5.74, 6) is 1.45. The topological polar surface area (TPSA) is 17.1 Å². The summed E-state index contributed by atoms with van der Waals surface area (Å²) >= 11 is 0. The first-order valence-electron chi connectivity index (χ1n) is 6.95. The Bertz CT molecular complexity index is 132. The Morgan fingerprint density at radius 2 is 1.12 bits per heavy atom. The van der Waals surface area contributed by atoms with Crippen LogP contribution in [-0.4, -0.2) is 5.78 Å². The third kappa shape index (κ3) is 19.3. The summed E-state index contributed by atoms with van der Waals surface area (Å²) in [6, 6.07) is 0. The maximum absolute atomic E-state index is 11.1. The summed E-state index contributed by atoms with van der Waals surface area (Å²) in [7, 11) is 0. The van der Waals surface area contributed by atoms with Crippen molar-refractivity contribution in [2.75, 3.05) is 0 Å². The number of carbonyl (C=O) groups excluding carboxylic acids is 1. The molecule has 0 saturated carbocycles. The molecule has 0 fully saturated rings. The number of hydrogen-bond acceptors (Lipinski definition) is 1. The van der Waals surface area contributed by atoms with E-state index in [4.69, 9.17) is 0 Å². The number of hydrogen-bond donors (Lipinski definition) is 0. The van der Waals surface area contributed by atoms with Crippen molar-refractivity contribution in [2.45, 2.75) is 80.1 Å². The molecule has 0 heterocycles. The fraction of sp³-hybridized carbons (Fsp3) is 0.933. The molecule has 0 N–H and O–H groups in total. The molecule has 0 amide bonds. The second-order valence-electron chi connectivity index (χ2n) is 5.44. The van der Waals surface area contributed by atoms with Gasteiger partial charge in [-0.2, -0.15) is 0 Å². The Labute approximate surface area is 103 Å². The van der Waals surface area contributed by atoms with Crippen LogP contribution in [0.4, 0.5) is 0 Å². The molecule has 0 aliphatic carbocycles. The van der Waals surface area contributed by atoms with Gasteiger partial charge in [-0.3, -0.25) is 4.79 Å². The molecule has 0 spiro atoms. The molecule has 0 unspecified atom stereocenters. The molecule has 0 aliphatic heterocycles. The van der Waals surface area contributed by atoms with Gasteiger partial charge in [0, 0.05) is 12.8 Å². The van der Waals surface area contributed by atoms with Gasteiger partial charge in [0.1, 0.15) is 5.78 Å². The molecule has 1 heteroatoms. The number of Topliss-reactive ketones (excluding diaryl/α,β-unsaturated/α-hetero) is 1. The van der Waals surface area contributed by atoms with Gasteiger partial charge in [0.05, 0.1) is 0 Å². The van der Waals surface area contributed by atoms with Crippen LogP contribution in [0.5, 0.6) is 0 Å². The van der Waals surface area contributed by atoms with Crippen molar-refractivity contribution in [1.29, 1.82) is 0 Å². The largest absolute Gasteiger partial charge is 0.300 e. The van der Waals surface area contributed by atoms with Gasteiger partial charge in [-0.25, -0.2) is 0 Å². The lowest BCUT2D eigenvalue weighted by Crippen LogP contribution is -2.05. The lowest BCUT2D eigenvalue weighted by Gasteiger charge is -2.05. The average Bonchev–Trinajstić information content (AvgIpc) is 2.12. The summed E-state index contributed by atoms with van der Waals surface area (Å²) < 4.78 is 0. The molecule has 0 radical (unpaired) electrons. The number of unbranched alkanes of at least 4 members (excludes halogenated alkanes) is 3. The van der Waals surface area contributed by atoms with E-state index >= 15 is 0 Å². The van der Waals surface area contributed by atoms with E-state index in [0.29, 0.717) is 17.6 Å². The molecule has 0 aromatic carbocycles. The van der Waals surface area contributed by atoms with Gasteiger partial charge in [0.25, 0.3) is 0 Å². The second-order valence-corrected chi connectivity index (χ2v) is 5.44. The number of ketones is 1. The lowest BCUT2D eigenvalue weighted by atomic mass is 10.00. The molecule has 1 nitrogen and oxygen atoms in total. The Morgan fingerprint density at radius 3 is 1.31 bits per heavy atom. The second kappa shape index (κ2) is 12.7. The van der Waals surface area contributed by atoms with Gasteiger partial charge in [0.15, 0.2) is 0 Å². The Morgan fingerprint density at radius 1 is 0.812 bits per heavy atom. The normalized spacial score (nSPS) is 10.2. The van der Waals surface area contributed by atoms with E-state index in [2.05, 4.69) is 41.5 Å². The molecule has 0 aliphatic rings. The lowest BCUT2D eigenvalue weighted by molar-refractivity contribution is -0.120. The van der Waals surface area contributed by atoms with Crippen LogP contribution in [0.3, 0.4) is 0 Å². The van der Waals surface area contributed by atoms with Crippen molar-refractivity contribution >= 4 is 5.78 Å². The van der Waals surface area contributed by atoms with E-state index in [-0.39, 0.29) is 0 Å². The van der Waals surface area contributed by atoms with Crippen LogP contribution in [0, 0.1) is 11.8 Å². The fourth-order valence-corrected chi connectivity index (χ4v) is 1.49. The molecule has 16 heavy (non-hydrogen) atoms. The zero-order valence-corrected chi connectivity index (χ0v) is 12.3. The van der Waals surface area contributed by atoms with Crippen LogP contribution in [-0.2, 0) is 4.79 Å².